The summed E-state index contributed by atoms with van der Waals surface area (Å²) in [4.78, 5) is 11.3. The summed E-state index contributed by atoms with van der Waals surface area (Å²) in [6.07, 6.45) is 7.34. The Labute approximate surface area is 97.5 Å². The molecule has 0 radical (unpaired) electrons. The predicted octanol–water partition coefficient (Wildman–Crippen LogP) is 2.58. The molecule has 0 spiro atoms. The molecule has 0 aromatic carbocycles. The molecule has 0 saturated carbocycles. The first-order valence-corrected chi connectivity index (χ1v) is 6.26. The van der Waals surface area contributed by atoms with Gasteiger partial charge in [-0.05, 0) is 19.4 Å². The number of ether oxygens (including phenoxy) is 1. The fraction of sp³-hybridized carbons (Fsp3) is 0.769. The van der Waals surface area contributed by atoms with Crippen LogP contribution in [0.25, 0.3) is 0 Å². The summed E-state index contributed by atoms with van der Waals surface area (Å²) >= 11 is 0. The van der Waals surface area contributed by atoms with Crippen LogP contribution in [-0.4, -0.2) is 23.3 Å². The Hall–Kier alpha value is -0.830. The number of cyclic esters (lactones) is 1. The lowest BCUT2D eigenvalue weighted by Crippen LogP contribution is -2.16. The van der Waals surface area contributed by atoms with Gasteiger partial charge < -0.3 is 9.84 Å². The van der Waals surface area contributed by atoms with Crippen LogP contribution in [0.1, 0.15) is 52.4 Å². The molecule has 92 valence electrons. The quantitative estimate of drug-likeness (QED) is 0.536. The number of rotatable bonds is 7. The van der Waals surface area contributed by atoms with Gasteiger partial charge in [-0.1, -0.05) is 39.0 Å². The van der Waals surface area contributed by atoms with E-state index in [1.165, 1.54) is 19.3 Å². The zero-order valence-corrected chi connectivity index (χ0v) is 10.2. The zero-order chi connectivity index (χ0) is 12.0. The van der Waals surface area contributed by atoms with E-state index in [9.17, 15) is 9.90 Å². The Balaban J connectivity index is 2.22. The Kier molecular flexibility index (Phi) is 5.53. The molecule has 0 aromatic heterocycles. The molecule has 2 atom stereocenters. The van der Waals surface area contributed by atoms with Gasteiger partial charge in [-0.3, -0.25) is 0 Å². The molecule has 0 fully saturated rings. The van der Waals surface area contributed by atoms with Crippen LogP contribution in [0.4, 0.5) is 0 Å². The molecule has 1 N–H and O–H groups in total. The zero-order valence-electron chi connectivity index (χ0n) is 10.2. The normalized spacial score (nSPS) is 21.8. The molecule has 0 bridgehead atoms. The maximum absolute atomic E-state index is 11.3. The predicted molar refractivity (Wildman–Crippen MR) is 63.0 cm³/mol. The van der Waals surface area contributed by atoms with Crippen molar-refractivity contribution in [3.8, 4) is 0 Å². The first kappa shape index (κ1) is 13.2. The fourth-order valence-corrected chi connectivity index (χ4v) is 1.94. The smallest absolute Gasteiger partial charge is 0.337 e. The Morgan fingerprint density at radius 2 is 2.06 bits per heavy atom. The lowest BCUT2D eigenvalue weighted by atomic mass is 10.0. The second-order valence-electron chi connectivity index (χ2n) is 4.45. The Morgan fingerprint density at radius 1 is 1.38 bits per heavy atom. The van der Waals surface area contributed by atoms with Gasteiger partial charge in [0.15, 0.2) is 0 Å². The highest BCUT2D eigenvalue weighted by Gasteiger charge is 2.27. The van der Waals surface area contributed by atoms with E-state index in [1.807, 2.05) is 0 Å². The van der Waals surface area contributed by atoms with Gasteiger partial charge in [0.1, 0.15) is 6.10 Å². The molecule has 3 nitrogen and oxygen atoms in total. The van der Waals surface area contributed by atoms with E-state index in [0.717, 1.165) is 12.8 Å². The molecule has 0 amide bonds. The molecule has 0 unspecified atom stereocenters. The number of esters is 1. The monoisotopic (exact) mass is 226 g/mol. The number of aliphatic hydroxyl groups is 1. The van der Waals surface area contributed by atoms with E-state index >= 15 is 0 Å². The van der Waals surface area contributed by atoms with Gasteiger partial charge in [-0.15, -0.1) is 0 Å². The van der Waals surface area contributed by atoms with Crippen molar-refractivity contribution in [1.82, 2.24) is 0 Å². The van der Waals surface area contributed by atoms with Crippen LogP contribution in [0.5, 0.6) is 0 Å². The average Bonchev–Trinajstić information content (AvgIpc) is 2.57. The summed E-state index contributed by atoms with van der Waals surface area (Å²) < 4.78 is 4.95. The van der Waals surface area contributed by atoms with E-state index in [4.69, 9.17) is 4.74 Å². The van der Waals surface area contributed by atoms with Crippen LogP contribution in [-0.2, 0) is 9.53 Å². The van der Waals surface area contributed by atoms with Crippen molar-refractivity contribution in [1.29, 1.82) is 0 Å². The molecule has 1 rings (SSSR count). The highest BCUT2D eigenvalue weighted by Crippen LogP contribution is 2.20. The molecule has 16 heavy (non-hydrogen) atoms. The van der Waals surface area contributed by atoms with Crippen LogP contribution in [0.3, 0.4) is 0 Å². The fourth-order valence-electron chi connectivity index (χ4n) is 1.94. The largest absolute Gasteiger partial charge is 0.455 e. The first-order chi connectivity index (χ1) is 7.65. The van der Waals surface area contributed by atoms with Crippen molar-refractivity contribution in [2.45, 2.75) is 64.6 Å². The molecule has 0 saturated heterocycles. The summed E-state index contributed by atoms with van der Waals surface area (Å²) in [6.45, 7) is 3.98. The van der Waals surface area contributed by atoms with E-state index in [2.05, 4.69) is 6.92 Å². The molecule has 1 aliphatic heterocycles. The van der Waals surface area contributed by atoms with Crippen molar-refractivity contribution in [2.75, 3.05) is 0 Å². The van der Waals surface area contributed by atoms with Crippen molar-refractivity contribution in [3.63, 3.8) is 0 Å². The summed E-state index contributed by atoms with van der Waals surface area (Å²) in [7, 11) is 0. The van der Waals surface area contributed by atoms with Crippen LogP contribution in [0, 0.1) is 0 Å². The van der Waals surface area contributed by atoms with Gasteiger partial charge in [0.25, 0.3) is 0 Å². The topological polar surface area (TPSA) is 46.5 Å². The van der Waals surface area contributed by atoms with Crippen LogP contribution in [0.2, 0.25) is 0 Å². The van der Waals surface area contributed by atoms with Crippen LogP contribution >= 0.6 is 0 Å². The van der Waals surface area contributed by atoms with E-state index < -0.39 is 6.10 Å². The second kappa shape index (κ2) is 6.69. The van der Waals surface area contributed by atoms with Gasteiger partial charge in [-0.25, -0.2) is 4.79 Å². The summed E-state index contributed by atoms with van der Waals surface area (Å²) in [6, 6.07) is 0. The van der Waals surface area contributed by atoms with Gasteiger partial charge >= 0.3 is 5.97 Å². The minimum absolute atomic E-state index is 0.183. The van der Waals surface area contributed by atoms with Crippen molar-refractivity contribution in [3.05, 3.63) is 11.6 Å². The van der Waals surface area contributed by atoms with E-state index in [1.54, 1.807) is 13.0 Å². The van der Waals surface area contributed by atoms with Crippen molar-refractivity contribution in [2.24, 2.45) is 0 Å². The van der Waals surface area contributed by atoms with Gasteiger partial charge in [0.2, 0.25) is 0 Å². The third kappa shape index (κ3) is 3.97. The third-order valence-electron chi connectivity index (χ3n) is 2.88. The average molecular weight is 226 g/mol. The lowest BCUT2D eigenvalue weighted by molar-refractivity contribution is -0.139. The minimum Gasteiger partial charge on any atom is -0.455 e. The summed E-state index contributed by atoms with van der Waals surface area (Å²) in [5.41, 5.74) is 0.447. The molecule has 0 aromatic rings. The first-order valence-electron chi connectivity index (χ1n) is 6.26. The maximum Gasteiger partial charge on any atom is 0.337 e. The van der Waals surface area contributed by atoms with Crippen LogP contribution in [0.15, 0.2) is 11.6 Å². The summed E-state index contributed by atoms with van der Waals surface area (Å²) in [5.74, 6) is -0.353. The molecule has 1 heterocycles. The minimum atomic E-state index is -0.640. The lowest BCUT2D eigenvalue weighted by Gasteiger charge is -2.09. The third-order valence-corrected chi connectivity index (χ3v) is 2.88. The highest BCUT2D eigenvalue weighted by molar-refractivity contribution is 5.91. The van der Waals surface area contributed by atoms with E-state index in [0.29, 0.717) is 12.0 Å². The number of hydrogen-bond acceptors (Lipinski definition) is 3. The van der Waals surface area contributed by atoms with Crippen molar-refractivity contribution >= 4 is 5.97 Å². The highest BCUT2D eigenvalue weighted by atomic mass is 16.5. The number of aliphatic hydroxyl groups excluding tert-OH is 1. The maximum atomic E-state index is 11.3. The Bertz CT molecular complexity index is 258. The van der Waals surface area contributed by atoms with Gasteiger partial charge in [-0.2, -0.15) is 0 Å². The number of hydrogen-bond donors (Lipinski definition) is 1. The molecule has 3 heteroatoms. The Morgan fingerprint density at radius 3 is 2.62 bits per heavy atom. The molecular weight excluding hydrogens is 204 g/mol. The molecule has 1 aliphatic rings. The number of carbonyl (C=O) groups is 1. The van der Waals surface area contributed by atoms with Crippen molar-refractivity contribution < 1.29 is 14.6 Å². The SMILES string of the molecule is CCCCCCC[C@@H](O)C1=C[C@H](C)OC1=O. The number of carbonyl (C=O) groups excluding carboxylic acids is 1. The molecule has 0 aliphatic carbocycles. The number of unbranched alkanes of at least 4 members (excludes halogenated alkanes) is 4. The second-order valence-corrected chi connectivity index (χ2v) is 4.45. The van der Waals surface area contributed by atoms with E-state index in [-0.39, 0.29) is 12.1 Å². The van der Waals surface area contributed by atoms with Gasteiger partial charge in [0.05, 0.1) is 11.7 Å². The summed E-state index contributed by atoms with van der Waals surface area (Å²) in [5, 5.41) is 9.82. The molecular formula is C13H22O3. The van der Waals surface area contributed by atoms with Gasteiger partial charge in [0, 0.05) is 0 Å². The van der Waals surface area contributed by atoms with Crippen LogP contribution < -0.4 is 0 Å². The standard InChI is InChI=1S/C13H22O3/c1-3-4-5-6-7-8-12(14)11-9-10(2)16-13(11)15/h9-10,12,14H,3-8H2,1-2H3/t10-,12+/m0/s1.